The molecule has 0 bridgehead atoms. The van der Waals surface area contributed by atoms with Gasteiger partial charge in [-0.05, 0) is 13.6 Å². The summed E-state index contributed by atoms with van der Waals surface area (Å²) in [4.78, 5) is 6.16. The number of morpholine rings is 1. The zero-order valence-electron chi connectivity index (χ0n) is 11.5. The Morgan fingerprint density at radius 2 is 2.25 bits per heavy atom. The van der Waals surface area contributed by atoms with E-state index < -0.39 is 11.9 Å². The Bertz CT molecular complexity index is 450. The summed E-state index contributed by atoms with van der Waals surface area (Å²) in [6.07, 6.45) is -4.78. The van der Waals surface area contributed by atoms with E-state index >= 15 is 0 Å². The first-order valence-electron chi connectivity index (χ1n) is 6.51. The van der Waals surface area contributed by atoms with E-state index in [0.717, 1.165) is 24.4 Å². The van der Waals surface area contributed by atoms with Gasteiger partial charge in [-0.15, -0.1) is 11.3 Å². The molecule has 4 nitrogen and oxygen atoms in total. The molecule has 8 heteroatoms. The van der Waals surface area contributed by atoms with Crippen molar-refractivity contribution in [2.24, 2.45) is 0 Å². The molecule has 20 heavy (non-hydrogen) atoms. The minimum atomic E-state index is -4.42. The second kappa shape index (κ2) is 6.38. The molecule has 1 aromatic heterocycles. The highest BCUT2D eigenvalue weighted by Gasteiger charge is 2.38. The van der Waals surface area contributed by atoms with Crippen LogP contribution in [0.2, 0.25) is 0 Å². The molecule has 1 aliphatic heterocycles. The Hall–Kier alpha value is -0.700. The highest BCUT2D eigenvalue weighted by atomic mass is 32.1. The molecule has 0 saturated carbocycles. The van der Waals surface area contributed by atoms with Crippen LogP contribution in [0.15, 0.2) is 0 Å². The second-order valence-corrected chi connectivity index (χ2v) is 5.72. The van der Waals surface area contributed by atoms with Gasteiger partial charge >= 0.3 is 6.18 Å². The van der Waals surface area contributed by atoms with E-state index in [-0.39, 0.29) is 17.5 Å². The van der Waals surface area contributed by atoms with Crippen molar-refractivity contribution in [1.82, 2.24) is 15.2 Å². The largest absolute Gasteiger partial charge is 0.434 e. The standard InChI is InChI=1S/C12H18F3N3OS/c1-3-18-4-5-19-8(7-18)11-17-10(12(13,14)15)9(20-11)6-16-2/h8,16H,3-7H2,1-2H3. The van der Waals surface area contributed by atoms with Gasteiger partial charge < -0.3 is 10.1 Å². The van der Waals surface area contributed by atoms with Crippen LogP contribution >= 0.6 is 11.3 Å². The highest BCUT2D eigenvalue weighted by molar-refractivity contribution is 7.11. The molecule has 0 amide bonds. The molecule has 1 aliphatic rings. The highest BCUT2D eigenvalue weighted by Crippen LogP contribution is 2.37. The molecule has 114 valence electrons. The van der Waals surface area contributed by atoms with Crippen molar-refractivity contribution in [1.29, 1.82) is 0 Å². The average Bonchev–Trinajstić information content (AvgIpc) is 2.83. The Morgan fingerprint density at radius 3 is 2.85 bits per heavy atom. The van der Waals surface area contributed by atoms with Gasteiger partial charge in [-0.2, -0.15) is 13.2 Å². The molecule has 0 radical (unpaired) electrons. The van der Waals surface area contributed by atoms with Gasteiger partial charge in [0.15, 0.2) is 5.69 Å². The van der Waals surface area contributed by atoms with Gasteiger partial charge in [-0.3, -0.25) is 4.90 Å². The van der Waals surface area contributed by atoms with E-state index in [1.54, 1.807) is 7.05 Å². The number of nitrogens with zero attached hydrogens (tertiary/aromatic N) is 2. The number of hydrogen-bond donors (Lipinski definition) is 1. The summed E-state index contributed by atoms with van der Waals surface area (Å²) in [5.74, 6) is 0. The maximum absolute atomic E-state index is 13.0. The van der Waals surface area contributed by atoms with Crippen LogP contribution in [0.4, 0.5) is 13.2 Å². The van der Waals surface area contributed by atoms with E-state index in [9.17, 15) is 13.2 Å². The molecule has 0 aromatic carbocycles. The van der Waals surface area contributed by atoms with Crippen molar-refractivity contribution in [2.75, 3.05) is 33.3 Å². The number of ether oxygens (including phenoxy) is 1. The normalized spacial score (nSPS) is 21.4. The molecule has 1 N–H and O–H groups in total. The number of rotatable bonds is 4. The van der Waals surface area contributed by atoms with Gasteiger partial charge in [0.05, 0.1) is 11.5 Å². The van der Waals surface area contributed by atoms with Gasteiger partial charge in [0, 0.05) is 19.6 Å². The summed E-state index contributed by atoms with van der Waals surface area (Å²) in [7, 11) is 1.62. The second-order valence-electron chi connectivity index (χ2n) is 4.60. The Balaban J connectivity index is 2.24. The SMILES string of the molecule is CCN1CCOC(c2nc(C(F)(F)F)c(CNC)s2)C1. The van der Waals surface area contributed by atoms with Crippen LogP contribution in [-0.4, -0.2) is 43.2 Å². The summed E-state index contributed by atoms with van der Waals surface area (Å²) in [6, 6.07) is 0. The van der Waals surface area contributed by atoms with E-state index in [0.29, 0.717) is 18.2 Å². The van der Waals surface area contributed by atoms with Gasteiger partial charge in [-0.25, -0.2) is 4.98 Å². The van der Waals surface area contributed by atoms with E-state index in [1.165, 1.54) is 0 Å². The number of likely N-dealkylation sites (N-methyl/N-ethyl adjacent to an activating group) is 1. The summed E-state index contributed by atoms with van der Waals surface area (Å²) in [5.41, 5.74) is -0.788. The fourth-order valence-electron chi connectivity index (χ4n) is 2.15. The Labute approximate surface area is 119 Å². The number of nitrogens with one attached hydrogen (secondary N) is 1. The molecule has 1 aromatic rings. The number of halogens is 3. The van der Waals surface area contributed by atoms with Crippen molar-refractivity contribution < 1.29 is 17.9 Å². The van der Waals surface area contributed by atoms with Crippen LogP contribution in [0.1, 0.15) is 28.6 Å². The molecule has 0 spiro atoms. The van der Waals surface area contributed by atoms with Crippen LogP contribution in [0.3, 0.4) is 0 Å². The van der Waals surface area contributed by atoms with E-state index in [2.05, 4.69) is 15.2 Å². The average molecular weight is 309 g/mol. The summed E-state index contributed by atoms with van der Waals surface area (Å²) < 4.78 is 44.5. The fourth-order valence-corrected chi connectivity index (χ4v) is 3.29. The third kappa shape index (κ3) is 3.49. The number of aromatic nitrogens is 1. The number of alkyl halides is 3. The minimum Gasteiger partial charge on any atom is -0.368 e. The topological polar surface area (TPSA) is 37.4 Å². The summed E-state index contributed by atoms with van der Waals surface area (Å²) in [5, 5.41) is 3.17. The lowest BCUT2D eigenvalue weighted by Crippen LogP contribution is -2.38. The lowest BCUT2D eigenvalue weighted by Gasteiger charge is -2.30. The molecular weight excluding hydrogens is 291 g/mol. The fraction of sp³-hybridized carbons (Fsp3) is 0.750. The first kappa shape index (κ1) is 15.7. The van der Waals surface area contributed by atoms with Crippen LogP contribution < -0.4 is 5.32 Å². The maximum Gasteiger partial charge on any atom is 0.434 e. The molecule has 0 aliphatic carbocycles. The van der Waals surface area contributed by atoms with Crippen LogP contribution in [-0.2, 0) is 17.5 Å². The third-order valence-corrected chi connectivity index (χ3v) is 4.34. The van der Waals surface area contributed by atoms with Crippen LogP contribution in [0.5, 0.6) is 0 Å². The first-order valence-corrected chi connectivity index (χ1v) is 7.32. The molecule has 1 atom stereocenters. The Kier molecular flexibility index (Phi) is 5.00. The zero-order chi connectivity index (χ0) is 14.8. The molecule has 2 heterocycles. The molecule has 1 saturated heterocycles. The summed E-state index contributed by atoms with van der Waals surface area (Å²) in [6.45, 7) is 4.99. The minimum absolute atomic E-state index is 0.163. The van der Waals surface area contributed by atoms with E-state index in [1.807, 2.05) is 6.92 Å². The molecule has 1 fully saturated rings. The smallest absolute Gasteiger partial charge is 0.368 e. The van der Waals surface area contributed by atoms with Crippen molar-refractivity contribution in [3.8, 4) is 0 Å². The number of thiazole rings is 1. The first-order chi connectivity index (χ1) is 9.45. The monoisotopic (exact) mass is 309 g/mol. The zero-order valence-corrected chi connectivity index (χ0v) is 12.3. The number of hydrogen-bond acceptors (Lipinski definition) is 5. The van der Waals surface area contributed by atoms with Gasteiger partial charge in [0.25, 0.3) is 0 Å². The van der Waals surface area contributed by atoms with E-state index in [4.69, 9.17) is 4.74 Å². The van der Waals surface area contributed by atoms with Crippen molar-refractivity contribution in [2.45, 2.75) is 25.7 Å². The van der Waals surface area contributed by atoms with Crippen molar-refractivity contribution in [3.05, 3.63) is 15.6 Å². The van der Waals surface area contributed by atoms with Crippen LogP contribution in [0.25, 0.3) is 0 Å². The lowest BCUT2D eigenvalue weighted by atomic mass is 10.3. The molecule has 2 rings (SSSR count). The van der Waals surface area contributed by atoms with Crippen molar-refractivity contribution >= 4 is 11.3 Å². The predicted molar refractivity (Wildman–Crippen MR) is 70.7 cm³/mol. The third-order valence-electron chi connectivity index (χ3n) is 3.19. The lowest BCUT2D eigenvalue weighted by molar-refractivity contribution is -0.141. The predicted octanol–water partition coefficient (Wildman–Crippen LogP) is 2.27. The van der Waals surface area contributed by atoms with Crippen LogP contribution in [0, 0.1) is 0 Å². The van der Waals surface area contributed by atoms with Gasteiger partial charge in [-0.1, -0.05) is 6.92 Å². The summed E-state index contributed by atoms with van der Waals surface area (Å²) >= 11 is 1.08. The quantitative estimate of drug-likeness (QED) is 0.926. The maximum atomic E-state index is 13.0. The van der Waals surface area contributed by atoms with Gasteiger partial charge in [0.2, 0.25) is 0 Å². The van der Waals surface area contributed by atoms with Gasteiger partial charge in [0.1, 0.15) is 11.1 Å². The van der Waals surface area contributed by atoms with Crippen molar-refractivity contribution in [3.63, 3.8) is 0 Å². The molecule has 1 unspecified atom stereocenters. The molecular formula is C12H18F3N3OS. The Morgan fingerprint density at radius 1 is 1.50 bits per heavy atom.